The number of fused-ring (bicyclic) bond motifs is 9. The summed E-state index contributed by atoms with van der Waals surface area (Å²) in [4.78, 5) is 4.73. The normalized spacial score (nSPS) is 12.6. The van der Waals surface area contributed by atoms with Crippen LogP contribution in [0.25, 0.3) is 88.4 Å². The van der Waals surface area contributed by atoms with Gasteiger partial charge in [0, 0.05) is 72.5 Å². The average molecular weight is 1100 g/mol. The second-order valence-electron chi connectivity index (χ2n) is 24.4. The standard InChI is InChI=1S/C81H66N4/c1-51-9-25-61(26-10-51)82(62-27-11-52(2)12-28-62)65-33-19-57(20-34-65)58-21-35-66(36-22-58)84-77-45-55(5)17-39-71(77)73-41-23-59(47-79(73)84)60-24-42-74-72-40-18-56(6)46-78(72)85(80(74)48-60)68-38-44-70-69-43-37-67(49-75(69)81(7,8)76(70)50-68)83(63-29-13-53(3)14-30-63)64-31-15-54(4)16-32-64/h9-50H,1-8H3. The molecule has 4 nitrogen and oxygen atoms in total. The van der Waals surface area contributed by atoms with Crippen LogP contribution >= 0.6 is 0 Å². The Bertz CT molecular complexity index is 4830. The molecule has 1 aliphatic rings. The molecule has 12 aromatic carbocycles. The average Bonchev–Trinajstić information content (AvgIpc) is 1.92. The third kappa shape index (κ3) is 8.82. The molecule has 2 aromatic heterocycles. The van der Waals surface area contributed by atoms with Crippen molar-refractivity contribution < 1.29 is 0 Å². The monoisotopic (exact) mass is 1090 g/mol. The molecule has 0 saturated heterocycles. The van der Waals surface area contributed by atoms with Crippen molar-refractivity contribution in [2.45, 2.75) is 60.8 Å². The molecule has 85 heavy (non-hydrogen) atoms. The van der Waals surface area contributed by atoms with Gasteiger partial charge in [0.05, 0.1) is 22.1 Å². The summed E-state index contributed by atoms with van der Waals surface area (Å²) >= 11 is 0. The van der Waals surface area contributed by atoms with Gasteiger partial charge >= 0.3 is 0 Å². The van der Waals surface area contributed by atoms with E-state index in [1.807, 2.05) is 0 Å². The highest BCUT2D eigenvalue weighted by Gasteiger charge is 2.37. The van der Waals surface area contributed by atoms with Crippen molar-refractivity contribution in [3.63, 3.8) is 0 Å². The molecule has 0 atom stereocenters. The van der Waals surface area contributed by atoms with Crippen molar-refractivity contribution in [2.75, 3.05) is 9.80 Å². The summed E-state index contributed by atoms with van der Waals surface area (Å²) in [6.45, 7) is 17.8. The SMILES string of the molecule is Cc1ccc(N(c2ccc(C)cc2)c2ccc(-c3ccc(-n4c5cc(C)ccc5c5ccc(-c6ccc7c8ccc(C)cc8n(-c8ccc9c(c8)C(C)(C)c8cc(N(c%10ccc(C)cc%10)c%10ccc(C)cc%10)ccc8-9)c7c6)cc54)cc3)cc2)cc1. The molecular weight excluding hydrogens is 1030 g/mol. The Hall–Kier alpha value is -10.2. The smallest absolute Gasteiger partial charge is 0.0547 e. The van der Waals surface area contributed by atoms with Crippen LogP contribution in [0.5, 0.6) is 0 Å². The van der Waals surface area contributed by atoms with Crippen LogP contribution in [0.15, 0.2) is 255 Å². The van der Waals surface area contributed by atoms with Crippen molar-refractivity contribution in [1.82, 2.24) is 9.13 Å². The maximum Gasteiger partial charge on any atom is 0.0547 e. The van der Waals surface area contributed by atoms with E-state index in [4.69, 9.17) is 0 Å². The van der Waals surface area contributed by atoms with E-state index < -0.39 is 0 Å². The van der Waals surface area contributed by atoms with Crippen molar-refractivity contribution in [3.05, 3.63) is 299 Å². The summed E-state index contributed by atoms with van der Waals surface area (Å²) in [6, 6.07) is 95.7. The third-order valence-corrected chi connectivity index (χ3v) is 18.1. The molecule has 0 radical (unpaired) electrons. The highest BCUT2D eigenvalue weighted by atomic mass is 15.1. The van der Waals surface area contributed by atoms with Gasteiger partial charge in [-0.2, -0.15) is 0 Å². The molecule has 0 saturated carbocycles. The van der Waals surface area contributed by atoms with Crippen LogP contribution in [0, 0.1) is 41.5 Å². The Morgan fingerprint density at radius 1 is 0.247 bits per heavy atom. The van der Waals surface area contributed by atoms with Crippen molar-refractivity contribution >= 4 is 77.7 Å². The topological polar surface area (TPSA) is 16.3 Å². The first-order chi connectivity index (χ1) is 41.3. The van der Waals surface area contributed by atoms with Gasteiger partial charge in [0.1, 0.15) is 0 Å². The Morgan fingerprint density at radius 3 is 0.976 bits per heavy atom. The molecule has 0 N–H and O–H groups in total. The minimum Gasteiger partial charge on any atom is -0.311 e. The molecule has 0 bridgehead atoms. The lowest BCUT2D eigenvalue weighted by molar-refractivity contribution is 0.660. The molecule has 4 heteroatoms. The summed E-state index contributed by atoms with van der Waals surface area (Å²) in [7, 11) is 0. The number of nitrogens with zero attached hydrogens (tertiary/aromatic N) is 4. The van der Waals surface area contributed by atoms with Crippen molar-refractivity contribution in [3.8, 4) is 44.8 Å². The Kier molecular flexibility index (Phi) is 12.2. The summed E-state index contributed by atoms with van der Waals surface area (Å²) in [5, 5.41) is 4.98. The zero-order chi connectivity index (χ0) is 57.8. The van der Waals surface area contributed by atoms with Crippen LogP contribution < -0.4 is 9.80 Å². The van der Waals surface area contributed by atoms with E-state index >= 15 is 0 Å². The number of benzene rings is 12. The van der Waals surface area contributed by atoms with E-state index in [-0.39, 0.29) is 5.41 Å². The third-order valence-electron chi connectivity index (χ3n) is 18.1. The van der Waals surface area contributed by atoms with Crippen molar-refractivity contribution in [1.29, 1.82) is 0 Å². The van der Waals surface area contributed by atoms with Crippen LogP contribution in [-0.4, -0.2) is 9.13 Å². The minimum absolute atomic E-state index is 0.256. The summed E-state index contributed by atoms with van der Waals surface area (Å²) in [5.41, 5.74) is 31.1. The number of rotatable bonds is 10. The molecule has 0 amide bonds. The van der Waals surface area contributed by atoms with Crippen LogP contribution in [0.1, 0.15) is 58.4 Å². The molecule has 0 spiro atoms. The first-order valence-electron chi connectivity index (χ1n) is 29.8. The lowest BCUT2D eigenvalue weighted by atomic mass is 9.82. The fraction of sp³-hybridized carbons (Fsp3) is 0.111. The molecule has 0 fully saturated rings. The van der Waals surface area contributed by atoms with Gasteiger partial charge in [-0.05, 0) is 219 Å². The number of aromatic nitrogens is 2. The molecule has 410 valence electrons. The van der Waals surface area contributed by atoms with E-state index in [0.717, 1.165) is 39.8 Å². The second kappa shape index (κ2) is 20.0. The van der Waals surface area contributed by atoms with Crippen molar-refractivity contribution in [2.24, 2.45) is 0 Å². The zero-order valence-corrected chi connectivity index (χ0v) is 49.5. The van der Waals surface area contributed by atoms with Gasteiger partial charge in [0.15, 0.2) is 0 Å². The highest BCUT2D eigenvalue weighted by molar-refractivity contribution is 6.12. The molecule has 15 rings (SSSR count). The van der Waals surface area contributed by atoms with Crippen LogP contribution in [0.2, 0.25) is 0 Å². The first kappa shape index (κ1) is 51.7. The Labute approximate surface area is 498 Å². The lowest BCUT2D eigenvalue weighted by Gasteiger charge is -2.28. The van der Waals surface area contributed by atoms with Gasteiger partial charge in [0.2, 0.25) is 0 Å². The zero-order valence-electron chi connectivity index (χ0n) is 49.5. The van der Waals surface area contributed by atoms with E-state index in [1.54, 1.807) is 0 Å². The largest absolute Gasteiger partial charge is 0.311 e. The van der Waals surface area contributed by atoms with Gasteiger partial charge in [-0.3, -0.25) is 0 Å². The summed E-state index contributed by atoms with van der Waals surface area (Å²) in [6.07, 6.45) is 0. The van der Waals surface area contributed by atoms with Gasteiger partial charge in [-0.1, -0.05) is 170 Å². The van der Waals surface area contributed by atoms with Gasteiger partial charge in [-0.25, -0.2) is 0 Å². The molecule has 2 heterocycles. The molecule has 1 aliphatic carbocycles. The predicted octanol–water partition coefficient (Wildman–Crippen LogP) is 22.3. The van der Waals surface area contributed by atoms with Crippen LogP contribution in [0.4, 0.5) is 34.1 Å². The van der Waals surface area contributed by atoms with Gasteiger partial charge < -0.3 is 18.9 Å². The van der Waals surface area contributed by atoms with E-state index in [0.29, 0.717) is 0 Å². The predicted molar refractivity (Wildman–Crippen MR) is 361 cm³/mol. The highest BCUT2D eigenvalue weighted by Crippen LogP contribution is 2.52. The molecule has 0 aliphatic heterocycles. The lowest BCUT2D eigenvalue weighted by Crippen LogP contribution is -2.17. The summed E-state index contributed by atoms with van der Waals surface area (Å²) < 4.78 is 4.98. The van der Waals surface area contributed by atoms with E-state index in [2.05, 4.69) is 329 Å². The number of hydrogen-bond donors (Lipinski definition) is 0. The Balaban J connectivity index is 0.794. The van der Waals surface area contributed by atoms with Gasteiger partial charge in [0.25, 0.3) is 0 Å². The maximum absolute atomic E-state index is 2.51. The van der Waals surface area contributed by atoms with Crippen LogP contribution in [-0.2, 0) is 5.41 Å². The fourth-order valence-electron chi connectivity index (χ4n) is 13.4. The molecule has 14 aromatic rings. The number of anilines is 6. The Morgan fingerprint density at radius 2 is 0.541 bits per heavy atom. The fourth-order valence-corrected chi connectivity index (χ4v) is 13.4. The summed E-state index contributed by atoms with van der Waals surface area (Å²) in [5.74, 6) is 0. The quantitative estimate of drug-likeness (QED) is 0.136. The van der Waals surface area contributed by atoms with Gasteiger partial charge in [-0.15, -0.1) is 0 Å². The van der Waals surface area contributed by atoms with E-state index in [9.17, 15) is 0 Å². The maximum atomic E-state index is 2.51. The minimum atomic E-state index is -0.256. The number of hydrogen-bond acceptors (Lipinski definition) is 2. The first-order valence-corrected chi connectivity index (χ1v) is 29.8. The molecule has 0 unspecified atom stereocenters. The number of aryl methyl sites for hydroxylation is 6. The van der Waals surface area contributed by atoms with E-state index in [1.165, 1.54) is 127 Å². The molecular formula is C81H66N4. The second-order valence-corrected chi connectivity index (χ2v) is 24.4. The van der Waals surface area contributed by atoms with Crippen LogP contribution in [0.3, 0.4) is 0 Å².